The highest BCUT2D eigenvalue weighted by molar-refractivity contribution is 5.72. The van der Waals surface area contributed by atoms with Gasteiger partial charge >= 0.3 is 0 Å². The lowest BCUT2D eigenvalue weighted by Crippen LogP contribution is -2.02. The fourth-order valence-corrected chi connectivity index (χ4v) is 2.50. The molecule has 0 saturated heterocycles. The van der Waals surface area contributed by atoms with Crippen molar-refractivity contribution >= 4 is 5.57 Å². The van der Waals surface area contributed by atoms with Gasteiger partial charge in [-0.2, -0.15) is 0 Å². The van der Waals surface area contributed by atoms with Gasteiger partial charge in [0.25, 0.3) is 0 Å². The lowest BCUT2D eigenvalue weighted by atomic mass is 9.87. The first-order valence-corrected chi connectivity index (χ1v) is 6.45. The maximum Gasteiger partial charge on any atom is -0.00424 e. The van der Waals surface area contributed by atoms with Gasteiger partial charge in [-0.05, 0) is 61.9 Å². The summed E-state index contributed by atoms with van der Waals surface area (Å²) in [5.74, 6) is 0.543. The van der Waals surface area contributed by atoms with Crippen LogP contribution in [0, 0.1) is 26.7 Å². The van der Waals surface area contributed by atoms with Gasteiger partial charge in [-0.1, -0.05) is 37.6 Å². The third-order valence-electron chi connectivity index (χ3n) is 3.12. The molecule has 0 aliphatic carbocycles. The Morgan fingerprint density at radius 2 is 1.71 bits per heavy atom. The molecular formula is C16H25N. The number of hydrogen-bond donors (Lipinski definition) is 1. The molecule has 1 nitrogen and oxygen atoms in total. The second-order valence-corrected chi connectivity index (χ2v) is 5.17. The van der Waals surface area contributed by atoms with Gasteiger partial charge in [0.05, 0.1) is 0 Å². The third kappa shape index (κ3) is 3.44. The summed E-state index contributed by atoms with van der Waals surface area (Å²) in [4.78, 5) is 0. The molecule has 0 unspecified atom stereocenters. The van der Waals surface area contributed by atoms with Crippen molar-refractivity contribution in [2.24, 2.45) is 11.7 Å². The summed E-state index contributed by atoms with van der Waals surface area (Å²) in [7, 11) is 0. The molecular weight excluding hydrogens is 206 g/mol. The Kier molecular flexibility index (Phi) is 4.95. The van der Waals surface area contributed by atoms with E-state index in [1.807, 2.05) is 0 Å². The Morgan fingerprint density at radius 3 is 2.12 bits per heavy atom. The van der Waals surface area contributed by atoms with Crippen LogP contribution in [-0.2, 0) is 0 Å². The zero-order valence-electron chi connectivity index (χ0n) is 11.8. The predicted octanol–water partition coefficient (Wildman–Crippen LogP) is 4.00. The summed E-state index contributed by atoms with van der Waals surface area (Å²) >= 11 is 0. The summed E-state index contributed by atoms with van der Waals surface area (Å²) in [6.45, 7) is 11.8. The molecule has 0 heterocycles. The van der Waals surface area contributed by atoms with Crippen LogP contribution in [0.15, 0.2) is 18.2 Å². The van der Waals surface area contributed by atoms with Crippen LogP contribution in [-0.4, -0.2) is 6.54 Å². The number of allylic oxidation sites excluding steroid dienone is 1. The summed E-state index contributed by atoms with van der Waals surface area (Å²) < 4.78 is 0. The Labute approximate surface area is 106 Å². The highest BCUT2D eigenvalue weighted by atomic mass is 14.5. The molecule has 1 rings (SSSR count). The zero-order valence-corrected chi connectivity index (χ0v) is 11.8. The van der Waals surface area contributed by atoms with Gasteiger partial charge in [0.2, 0.25) is 0 Å². The highest BCUT2D eigenvalue weighted by Gasteiger charge is 2.12. The van der Waals surface area contributed by atoms with E-state index in [2.05, 4.69) is 52.8 Å². The summed E-state index contributed by atoms with van der Waals surface area (Å²) in [6.07, 6.45) is 3.26. The molecule has 0 aliphatic rings. The molecule has 0 bridgehead atoms. The van der Waals surface area contributed by atoms with E-state index in [9.17, 15) is 0 Å². The Bertz CT molecular complexity index is 391. The molecule has 17 heavy (non-hydrogen) atoms. The lowest BCUT2D eigenvalue weighted by Gasteiger charge is -2.18. The van der Waals surface area contributed by atoms with Gasteiger partial charge in [0.1, 0.15) is 0 Å². The maximum atomic E-state index is 5.61. The second-order valence-electron chi connectivity index (χ2n) is 5.17. The van der Waals surface area contributed by atoms with Crippen molar-refractivity contribution in [3.8, 4) is 0 Å². The van der Waals surface area contributed by atoms with Crippen molar-refractivity contribution in [2.45, 2.75) is 41.0 Å². The van der Waals surface area contributed by atoms with Gasteiger partial charge in [0.15, 0.2) is 0 Å². The monoisotopic (exact) mass is 231 g/mol. The van der Waals surface area contributed by atoms with Crippen LogP contribution in [0.1, 0.15) is 42.5 Å². The van der Waals surface area contributed by atoms with Crippen LogP contribution >= 0.6 is 0 Å². The number of nitrogens with two attached hydrogens (primary N) is 1. The molecule has 0 radical (unpaired) electrons. The molecule has 0 saturated carbocycles. The maximum absolute atomic E-state index is 5.61. The Balaban J connectivity index is 3.28. The van der Waals surface area contributed by atoms with E-state index in [-0.39, 0.29) is 0 Å². The van der Waals surface area contributed by atoms with Crippen molar-refractivity contribution in [1.29, 1.82) is 0 Å². The number of aryl methyl sites for hydroxylation is 3. The normalized spacial score (nSPS) is 12.3. The first-order valence-electron chi connectivity index (χ1n) is 6.45. The zero-order chi connectivity index (χ0) is 13.0. The topological polar surface area (TPSA) is 26.0 Å². The molecule has 2 N–H and O–H groups in total. The molecule has 1 aromatic rings. The largest absolute Gasteiger partial charge is 0.330 e. The second kappa shape index (κ2) is 6.02. The van der Waals surface area contributed by atoms with E-state index in [0.717, 1.165) is 13.0 Å². The van der Waals surface area contributed by atoms with E-state index < -0.39 is 0 Å². The molecule has 0 atom stereocenters. The first kappa shape index (κ1) is 14.0. The van der Waals surface area contributed by atoms with Crippen molar-refractivity contribution in [2.75, 3.05) is 6.54 Å². The van der Waals surface area contributed by atoms with Crippen LogP contribution in [0.3, 0.4) is 0 Å². The van der Waals surface area contributed by atoms with Crippen molar-refractivity contribution in [1.82, 2.24) is 0 Å². The summed E-state index contributed by atoms with van der Waals surface area (Å²) in [5, 5.41) is 0. The molecule has 0 aliphatic heterocycles. The van der Waals surface area contributed by atoms with Gasteiger partial charge < -0.3 is 5.73 Å². The standard InChI is InChI=1S/C16H25N/c1-11(2)15(7-6-8-17)16-13(4)9-12(3)10-14(16)5/h7,9-11H,6,8,17H2,1-5H3/b15-7+. The van der Waals surface area contributed by atoms with Crippen LogP contribution in [0.4, 0.5) is 0 Å². The van der Waals surface area contributed by atoms with E-state index in [1.165, 1.54) is 27.8 Å². The smallest absolute Gasteiger partial charge is 0.00424 e. The third-order valence-corrected chi connectivity index (χ3v) is 3.12. The van der Waals surface area contributed by atoms with E-state index in [0.29, 0.717) is 5.92 Å². The fraction of sp³-hybridized carbons (Fsp3) is 0.500. The van der Waals surface area contributed by atoms with Gasteiger partial charge in [-0.25, -0.2) is 0 Å². The van der Waals surface area contributed by atoms with E-state index in [1.54, 1.807) is 0 Å². The van der Waals surface area contributed by atoms with Crippen LogP contribution in [0.25, 0.3) is 5.57 Å². The molecule has 1 aromatic carbocycles. The highest BCUT2D eigenvalue weighted by Crippen LogP contribution is 2.30. The molecule has 94 valence electrons. The average molecular weight is 231 g/mol. The molecule has 0 amide bonds. The minimum Gasteiger partial charge on any atom is -0.330 e. The average Bonchev–Trinajstić information content (AvgIpc) is 2.20. The fourth-order valence-electron chi connectivity index (χ4n) is 2.50. The lowest BCUT2D eigenvalue weighted by molar-refractivity contribution is 0.843. The summed E-state index contributed by atoms with van der Waals surface area (Å²) in [5.41, 5.74) is 12.5. The van der Waals surface area contributed by atoms with E-state index >= 15 is 0 Å². The molecule has 1 heteroatoms. The minimum absolute atomic E-state index is 0.543. The molecule has 0 fully saturated rings. The van der Waals surface area contributed by atoms with Crippen LogP contribution < -0.4 is 5.73 Å². The van der Waals surface area contributed by atoms with Gasteiger partial charge in [-0.3, -0.25) is 0 Å². The predicted molar refractivity (Wildman–Crippen MR) is 77.1 cm³/mol. The summed E-state index contributed by atoms with van der Waals surface area (Å²) in [6, 6.07) is 4.53. The van der Waals surface area contributed by atoms with Gasteiger partial charge in [0, 0.05) is 0 Å². The van der Waals surface area contributed by atoms with Gasteiger partial charge in [-0.15, -0.1) is 0 Å². The molecule has 0 spiro atoms. The van der Waals surface area contributed by atoms with Crippen LogP contribution in [0.2, 0.25) is 0 Å². The SMILES string of the molecule is Cc1cc(C)c(/C(=C/CCN)C(C)C)c(C)c1. The number of benzene rings is 1. The minimum atomic E-state index is 0.543. The number of hydrogen-bond acceptors (Lipinski definition) is 1. The first-order chi connectivity index (χ1) is 7.97. The van der Waals surface area contributed by atoms with Crippen molar-refractivity contribution < 1.29 is 0 Å². The quantitative estimate of drug-likeness (QED) is 0.832. The number of rotatable bonds is 4. The van der Waals surface area contributed by atoms with Crippen molar-refractivity contribution in [3.05, 3.63) is 40.5 Å². The van der Waals surface area contributed by atoms with Crippen LogP contribution in [0.5, 0.6) is 0 Å². The molecule has 0 aromatic heterocycles. The Hall–Kier alpha value is -1.08. The Morgan fingerprint density at radius 1 is 1.18 bits per heavy atom. The van der Waals surface area contributed by atoms with E-state index in [4.69, 9.17) is 5.73 Å². The van der Waals surface area contributed by atoms with Crippen molar-refractivity contribution in [3.63, 3.8) is 0 Å².